The third-order valence-corrected chi connectivity index (χ3v) is 2.81. The van der Waals surface area contributed by atoms with Gasteiger partial charge in [-0.3, -0.25) is 4.98 Å². The molecule has 4 nitrogen and oxygen atoms in total. The number of aryl methyl sites for hydroxylation is 1. The maximum atomic E-state index is 4.51. The minimum Gasteiger partial charge on any atom is -0.356 e. The molecule has 18 heavy (non-hydrogen) atoms. The molecular weight excluding hydrogens is 224 g/mol. The zero-order valence-electron chi connectivity index (χ0n) is 11.1. The van der Waals surface area contributed by atoms with E-state index in [0.29, 0.717) is 0 Å². The predicted octanol–water partition coefficient (Wildman–Crippen LogP) is 2.85. The summed E-state index contributed by atoms with van der Waals surface area (Å²) in [6.45, 7) is 5.92. The van der Waals surface area contributed by atoms with Crippen LogP contribution >= 0.6 is 0 Å². The Balaban J connectivity index is 2.03. The molecule has 0 saturated heterocycles. The highest BCUT2D eigenvalue weighted by atomic mass is 15.2. The summed E-state index contributed by atoms with van der Waals surface area (Å²) in [5, 5.41) is 3.35. The SMILES string of the molecule is CCCCNc1nccn1Cc1cccc(C)n1. The number of imidazole rings is 1. The lowest BCUT2D eigenvalue weighted by Gasteiger charge is -2.09. The molecule has 0 aliphatic carbocycles. The minimum atomic E-state index is 0.760. The highest BCUT2D eigenvalue weighted by Gasteiger charge is 2.03. The van der Waals surface area contributed by atoms with Crippen LogP contribution in [0.25, 0.3) is 0 Å². The van der Waals surface area contributed by atoms with Gasteiger partial charge in [0.1, 0.15) is 0 Å². The fourth-order valence-electron chi connectivity index (χ4n) is 1.84. The van der Waals surface area contributed by atoms with Gasteiger partial charge in [0.2, 0.25) is 5.95 Å². The molecule has 0 bridgehead atoms. The van der Waals surface area contributed by atoms with E-state index >= 15 is 0 Å². The summed E-state index contributed by atoms with van der Waals surface area (Å²) in [5.74, 6) is 0.923. The Morgan fingerprint density at radius 2 is 2.22 bits per heavy atom. The molecule has 2 aromatic heterocycles. The van der Waals surface area contributed by atoms with Crippen molar-refractivity contribution >= 4 is 5.95 Å². The van der Waals surface area contributed by atoms with Crippen LogP contribution in [0.1, 0.15) is 31.2 Å². The second-order valence-corrected chi connectivity index (χ2v) is 4.43. The highest BCUT2D eigenvalue weighted by molar-refractivity contribution is 5.27. The van der Waals surface area contributed by atoms with Crippen molar-refractivity contribution in [1.29, 1.82) is 0 Å². The quantitative estimate of drug-likeness (QED) is 0.795. The molecule has 0 radical (unpaired) electrons. The first kappa shape index (κ1) is 12.6. The second-order valence-electron chi connectivity index (χ2n) is 4.43. The molecular formula is C14H20N4. The van der Waals surface area contributed by atoms with E-state index in [1.165, 1.54) is 6.42 Å². The first-order valence-corrected chi connectivity index (χ1v) is 6.47. The molecule has 0 atom stereocenters. The Hall–Kier alpha value is -1.84. The minimum absolute atomic E-state index is 0.760. The first-order valence-electron chi connectivity index (χ1n) is 6.47. The van der Waals surface area contributed by atoms with Crippen LogP contribution in [0.15, 0.2) is 30.6 Å². The number of aromatic nitrogens is 3. The monoisotopic (exact) mass is 244 g/mol. The number of hydrogen-bond acceptors (Lipinski definition) is 3. The van der Waals surface area contributed by atoms with Gasteiger partial charge in [-0.25, -0.2) is 4.98 Å². The molecule has 1 N–H and O–H groups in total. The summed E-state index contributed by atoms with van der Waals surface area (Å²) in [6, 6.07) is 6.10. The van der Waals surface area contributed by atoms with E-state index in [9.17, 15) is 0 Å². The van der Waals surface area contributed by atoms with E-state index in [1.807, 2.05) is 37.5 Å². The number of pyridine rings is 1. The maximum Gasteiger partial charge on any atom is 0.203 e. The summed E-state index contributed by atoms with van der Waals surface area (Å²) >= 11 is 0. The normalized spacial score (nSPS) is 10.6. The molecule has 96 valence electrons. The van der Waals surface area contributed by atoms with Crippen molar-refractivity contribution in [2.75, 3.05) is 11.9 Å². The molecule has 0 aliphatic heterocycles. The lowest BCUT2D eigenvalue weighted by atomic mass is 10.3. The Morgan fingerprint density at radius 3 is 3.00 bits per heavy atom. The molecule has 2 rings (SSSR count). The van der Waals surface area contributed by atoms with Gasteiger partial charge in [0.25, 0.3) is 0 Å². The van der Waals surface area contributed by atoms with Crippen molar-refractivity contribution in [3.05, 3.63) is 42.0 Å². The summed E-state index contributed by atoms with van der Waals surface area (Å²) < 4.78 is 2.09. The molecule has 0 aliphatic rings. The third kappa shape index (κ3) is 3.32. The molecule has 0 spiro atoms. The van der Waals surface area contributed by atoms with Gasteiger partial charge in [0, 0.05) is 24.6 Å². The van der Waals surface area contributed by atoms with Crippen molar-refractivity contribution in [3.63, 3.8) is 0 Å². The van der Waals surface area contributed by atoms with Crippen LogP contribution in [0, 0.1) is 6.92 Å². The van der Waals surface area contributed by atoms with Crippen LogP contribution in [0.2, 0.25) is 0 Å². The van der Waals surface area contributed by atoms with E-state index in [-0.39, 0.29) is 0 Å². The van der Waals surface area contributed by atoms with Gasteiger partial charge in [0.15, 0.2) is 0 Å². The number of anilines is 1. The molecule has 0 aromatic carbocycles. The lowest BCUT2D eigenvalue weighted by molar-refractivity contribution is 0.757. The van der Waals surface area contributed by atoms with Crippen LogP contribution in [0.3, 0.4) is 0 Å². The summed E-state index contributed by atoms with van der Waals surface area (Å²) in [4.78, 5) is 8.84. The zero-order valence-corrected chi connectivity index (χ0v) is 11.1. The summed E-state index contributed by atoms with van der Waals surface area (Å²) in [7, 11) is 0. The van der Waals surface area contributed by atoms with Gasteiger partial charge in [-0.2, -0.15) is 0 Å². The van der Waals surface area contributed by atoms with E-state index in [1.54, 1.807) is 0 Å². The molecule has 0 unspecified atom stereocenters. The van der Waals surface area contributed by atoms with Gasteiger partial charge in [-0.15, -0.1) is 0 Å². The van der Waals surface area contributed by atoms with Crippen molar-refractivity contribution < 1.29 is 0 Å². The third-order valence-electron chi connectivity index (χ3n) is 2.81. The molecule has 2 heterocycles. The lowest BCUT2D eigenvalue weighted by Crippen LogP contribution is -2.10. The topological polar surface area (TPSA) is 42.7 Å². The highest BCUT2D eigenvalue weighted by Crippen LogP contribution is 2.08. The second kappa shape index (κ2) is 6.19. The average molecular weight is 244 g/mol. The molecule has 0 saturated carbocycles. The Labute approximate surface area is 108 Å². The Bertz CT molecular complexity index is 490. The van der Waals surface area contributed by atoms with E-state index in [2.05, 4.69) is 26.8 Å². The Kier molecular flexibility index (Phi) is 4.34. The number of rotatable bonds is 6. The van der Waals surface area contributed by atoms with Crippen LogP contribution < -0.4 is 5.32 Å². The van der Waals surface area contributed by atoms with Gasteiger partial charge in [0.05, 0.1) is 12.2 Å². The van der Waals surface area contributed by atoms with Gasteiger partial charge in [-0.05, 0) is 25.5 Å². The van der Waals surface area contributed by atoms with Crippen molar-refractivity contribution in [3.8, 4) is 0 Å². The number of hydrogen-bond donors (Lipinski definition) is 1. The maximum absolute atomic E-state index is 4.51. The van der Waals surface area contributed by atoms with Gasteiger partial charge in [-0.1, -0.05) is 19.4 Å². The standard InChI is InChI=1S/C14H20N4/c1-3-4-8-15-14-16-9-10-18(14)11-13-7-5-6-12(2)17-13/h5-7,9-10H,3-4,8,11H2,1-2H3,(H,15,16). The van der Waals surface area contributed by atoms with Crippen molar-refractivity contribution in [2.24, 2.45) is 0 Å². The van der Waals surface area contributed by atoms with Crippen LogP contribution in [0.4, 0.5) is 5.95 Å². The smallest absolute Gasteiger partial charge is 0.203 e. The van der Waals surface area contributed by atoms with Crippen LogP contribution in [-0.2, 0) is 6.54 Å². The van der Waals surface area contributed by atoms with Gasteiger partial charge >= 0.3 is 0 Å². The number of nitrogens with zero attached hydrogens (tertiary/aromatic N) is 3. The molecule has 4 heteroatoms. The fraction of sp³-hybridized carbons (Fsp3) is 0.429. The number of unbranched alkanes of at least 4 members (excludes halogenated alkanes) is 1. The molecule has 0 amide bonds. The Morgan fingerprint density at radius 1 is 1.33 bits per heavy atom. The first-order chi connectivity index (χ1) is 8.79. The molecule has 0 fully saturated rings. The van der Waals surface area contributed by atoms with E-state index in [0.717, 1.165) is 36.8 Å². The predicted molar refractivity (Wildman–Crippen MR) is 73.7 cm³/mol. The molecule has 2 aromatic rings. The van der Waals surface area contributed by atoms with Gasteiger partial charge < -0.3 is 9.88 Å². The van der Waals surface area contributed by atoms with Crippen molar-refractivity contribution in [1.82, 2.24) is 14.5 Å². The van der Waals surface area contributed by atoms with Crippen LogP contribution in [0.5, 0.6) is 0 Å². The zero-order chi connectivity index (χ0) is 12.8. The fourth-order valence-corrected chi connectivity index (χ4v) is 1.84. The van der Waals surface area contributed by atoms with E-state index in [4.69, 9.17) is 0 Å². The summed E-state index contributed by atoms with van der Waals surface area (Å²) in [5.41, 5.74) is 2.11. The largest absolute Gasteiger partial charge is 0.356 e. The summed E-state index contributed by atoms with van der Waals surface area (Å²) in [6.07, 6.45) is 6.16. The van der Waals surface area contributed by atoms with E-state index < -0.39 is 0 Å². The van der Waals surface area contributed by atoms with Crippen molar-refractivity contribution in [2.45, 2.75) is 33.2 Å². The average Bonchev–Trinajstić information content (AvgIpc) is 2.77. The van der Waals surface area contributed by atoms with Crippen LogP contribution in [-0.4, -0.2) is 21.1 Å². The number of nitrogens with one attached hydrogen (secondary N) is 1.